The molecular formula is C21H20N4O5. The molecule has 2 amide bonds. The average Bonchev–Trinajstić information content (AvgIpc) is 3.25. The lowest BCUT2D eigenvalue weighted by atomic mass is 10.0. The van der Waals surface area contributed by atoms with Crippen molar-refractivity contribution in [2.45, 2.75) is 26.0 Å². The molecule has 9 nitrogen and oxygen atoms in total. The van der Waals surface area contributed by atoms with Crippen molar-refractivity contribution in [2.75, 3.05) is 12.4 Å². The van der Waals surface area contributed by atoms with Crippen LogP contribution in [-0.2, 0) is 24.4 Å². The van der Waals surface area contributed by atoms with Gasteiger partial charge < -0.3 is 24.6 Å². The van der Waals surface area contributed by atoms with E-state index in [1.165, 1.54) is 0 Å². The van der Waals surface area contributed by atoms with Gasteiger partial charge in [-0.05, 0) is 24.1 Å². The maximum absolute atomic E-state index is 12.3. The molecule has 0 saturated carbocycles. The fourth-order valence-electron chi connectivity index (χ4n) is 3.09. The summed E-state index contributed by atoms with van der Waals surface area (Å²) in [4.78, 5) is 27.9. The number of nitrogens with zero attached hydrogens (tertiary/aromatic N) is 2. The highest BCUT2D eigenvalue weighted by molar-refractivity contribution is 5.94. The first kappa shape index (κ1) is 19.4. The van der Waals surface area contributed by atoms with Gasteiger partial charge in [-0.3, -0.25) is 9.59 Å². The number of hydrogen-bond acceptors (Lipinski definition) is 7. The van der Waals surface area contributed by atoms with Gasteiger partial charge in [0.05, 0.1) is 7.11 Å². The molecule has 0 aliphatic carbocycles. The molecule has 1 aliphatic heterocycles. The zero-order valence-corrected chi connectivity index (χ0v) is 16.3. The van der Waals surface area contributed by atoms with Crippen molar-refractivity contribution in [3.8, 4) is 11.5 Å². The van der Waals surface area contributed by atoms with Crippen LogP contribution in [0, 0.1) is 0 Å². The lowest BCUT2D eigenvalue weighted by Gasteiger charge is -2.17. The lowest BCUT2D eigenvalue weighted by Crippen LogP contribution is -2.23. The number of para-hydroxylation sites is 1. The smallest absolute Gasteiger partial charge is 0.316 e. The van der Waals surface area contributed by atoms with Crippen molar-refractivity contribution >= 4 is 17.5 Å². The number of aryl methyl sites for hydroxylation is 1. The Morgan fingerprint density at radius 1 is 1.23 bits per heavy atom. The summed E-state index contributed by atoms with van der Waals surface area (Å²) in [6.07, 6.45) is 1.19. The summed E-state index contributed by atoms with van der Waals surface area (Å²) in [6.45, 7) is 0.286. The van der Waals surface area contributed by atoms with E-state index in [1.54, 1.807) is 13.2 Å². The largest absolute Gasteiger partial charge is 0.496 e. The van der Waals surface area contributed by atoms with Crippen LogP contribution in [0.15, 0.2) is 47.0 Å². The Hall–Kier alpha value is -3.88. The van der Waals surface area contributed by atoms with Crippen molar-refractivity contribution in [2.24, 2.45) is 0 Å². The molecule has 1 aliphatic rings. The van der Waals surface area contributed by atoms with Gasteiger partial charge in [0.15, 0.2) is 6.61 Å². The summed E-state index contributed by atoms with van der Waals surface area (Å²) < 4.78 is 15.9. The summed E-state index contributed by atoms with van der Waals surface area (Å²) >= 11 is 0. The summed E-state index contributed by atoms with van der Waals surface area (Å²) in [6, 6.07) is 12.9. The van der Waals surface area contributed by atoms with Gasteiger partial charge in [-0.2, -0.15) is 4.98 Å². The third-order valence-electron chi connectivity index (χ3n) is 4.64. The van der Waals surface area contributed by atoms with Gasteiger partial charge in [0.1, 0.15) is 11.5 Å². The van der Waals surface area contributed by atoms with E-state index < -0.39 is 5.91 Å². The van der Waals surface area contributed by atoms with E-state index in [1.807, 2.05) is 36.4 Å². The highest BCUT2D eigenvalue weighted by Crippen LogP contribution is 2.27. The van der Waals surface area contributed by atoms with Gasteiger partial charge in [-0.25, -0.2) is 0 Å². The van der Waals surface area contributed by atoms with Crippen LogP contribution in [0.25, 0.3) is 0 Å². The first-order valence-corrected chi connectivity index (χ1v) is 9.40. The molecule has 0 radical (unpaired) electrons. The van der Waals surface area contributed by atoms with E-state index in [4.69, 9.17) is 14.0 Å². The number of carbonyl (C=O) groups is 2. The van der Waals surface area contributed by atoms with Crippen molar-refractivity contribution < 1.29 is 23.6 Å². The summed E-state index contributed by atoms with van der Waals surface area (Å²) in [5, 5.41) is 9.32. The topological polar surface area (TPSA) is 116 Å². The Labute approximate surface area is 172 Å². The minimum Gasteiger partial charge on any atom is -0.496 e. The third kappa shape index (κ3) is 4.40. The number of fused-ring (bicyclic) bond motifs is 1. The zero-order valence-electron chi connectivity index (χ0n) is 16.3. The lowest BCUT2D eigenvalue weighted by molar-refractivity contribution is -0.116. The van der Waals surface area contributed by atoms with Gasteiger partial charge in [-0.1, -0.05) is 29.4 Å². The quantitative estimate of drug-likeness (QED) is 0.617. The van der Waals surface area contributed by atoms with Crippen LogP contribution < -0.4 is 20.1 Å². The number of anilines is 1. The molecule has 4 rings (SSSR count). The number of methoxy groups -OCH3 is 1. The molecule has 0 unspecified atom stereocenters. The molecule has 3 aromatic rings. The van der Waals surface area contributed by atoms with Crippen LogP contribution in [0.4, 0.5) is 5.69 Å². The number of hydrogen-bond donors (Lipinski definition) is 2. The van der Waals surface area contributed by atoms with E-state index in [0.29, 0.717) is 24.3 Å². The second kappa shape index (κ2) is 8.64. The number of carbonyl (C=O) groups excluding carboxylic acids is 2. The summed E-state index contributed by atoms with van der Waals surface area (Å²) in [5.74, 6) is 0.819. The first-order valence-electron chi connectivity index (χ1n) is 9.40. The minimum atomic E-state index is -0.490. The van der Waals surface area contributed by atoms with E-state index in [0.717, 1.165) is 16.8 Å². The Kier molecular flexibility index (Phi) is 5.60. The van der Waals surface area contributed by atoms with Crippen LogP contribution in [0.3, 0.4) is 0 Å². The molecular weight excluding hydrogens is 388 g/mol. The zero-order chi connectivity index (χ0) is 20.9. The van der Waals surface area contributed by atoms with Gasteiger partial charge in [0.25, 0.3) is 0 Å². The van der Waals surface area contributed by atoms with Gasteiger partial charge in [0.2, 0.25) is 11.7 Å². The van der Waals surface area contributed by atoms with Gasteiger partial charge >= 0.3 is 11.8 Å². The predicted molar refractivity (Wildman–Crippen MR) is 106 cm³/mol. The van der Waals surface area contributed by atoms with Crippen LogP contribution in [-0.4, -0.2) is 29.1 Å². The Balaban J connectivity index is 1.33. The van der Waals surface area contributed by atoms with Crippen molar-refractivity contribution in [1.82, 2.24) is 15.5 Å². The highest BCUT2D eigenvalue weighted by Gasteiger charge is 2.17. The monoisotopic (exact) mass is 408 g/mol. The molecule has 154 valence electrons. The molecule has 0 saturated heterocycles. The Morgan fingerprint density at radius 2 is 2.10 bits per heavy atom. The maximum atomic E-state index is 12.3. The molecule has 0 bridgehead atoms. The standard InChI is InChI=1S/C21H20N4O5/c1-28-17-5-3-2-4-14(17)11-22-20(27)21-24-18(25-30-21)12-29-15-8-6-13-7-9-19(26)23-16(13)10-15/h2-6,8,10H,7,9,11-12H2,1H3,(H,22,27)(H,23,26). The molecule has 2 heterocycles. The van der Waals surface area contributed by atoms with Crippen LogP contribution in [0.2, 0.25) is 0 Å². The molecule has 9 heteroatoms. The van der Waals surface area contributed by atoms with Crippen molar-refractivity contribution in [3.05, 3.63) is 65.3 Å². The molecule has 0 fully saturated rings. The Morgan fingerprint density at radius 3 is 2.97 bits per heavy atom. The maximum Gasteiger partial charge on any atom is 0.316 e. The molecule has 0 atom stereocenters. The van der Waals surface area contributed by atoms with Crippen LogP contribution in [0.5, 0.6) is 11.5 Å². The molecule has 1 aromatic heterocycles. The highest BCUT2D eigenvalue weighted by atomic mass is 16.5. The van der Waals surface area contributed by atoms with Crippen molar-refractivity contribution in [3.63, 3.8) is 0 Å². The molecule has 30 heavy (non-hydrogen) atoms. The number of aromatic nitrogens is 2. The van der Waals surface area contributed by atoms with E-state index in [-0.39, 0.29) is 30.8 Å². The SMILES string of the molecule is COc1ccccc1CNC(=O)c1nc(COc2ccc3c(c2)NC(=O)CC3)no1. The second-order valence-electron chi connectivity index (χ2n) is 6.67. The van der Waals surface area contributed by atoms with E-state index in [9.17, 15) is 9.59 Å². The second-order valence-corrected chi connectivity index (χ2v) is 6.67. The molecule has 2 aromatic carbocycles. The predicted octanol–water partition coefficient (Wildman–Crippen LogP) is 2.47. The average molecular weight is 408 g/mol. The van der Waals surface area contributed by atoms with Crippen LogP contribution in [0.1, 0.15) is 34.1 Å². The van der Waals surface area contributed by atoms with Crippen LogP contribution >= 0.6 is 0 Å². The minimum absolute atomic E-state index is 0.0124. The normalized spacial score (nSPS) is 12.6. The number of ether oxygens (including phenoxy) is 2. The Bertz CT molecular complexity index is 1080. The fourth-order valence-corrected chi connectivity index (χ4v) is 3.09. The van der Waals surface area contributed by atoms with E-state index in [2.05, 4.69) is 20.8 Å². The van der Waals surface area contributed by atoms with Gasteiger partial charge in [-0.15, -0.1) is 0 Å². The number of rotatable bonds is 7. The van der Waals surface area contributed by atoms with Gasteiger partial charge in [0, 0.05) is 30.3 Å². The fraction of sp³-hybridized carbons (Fsp3) is 0.238. The number of benzene rings is 2. The first-order chi connectivity index (χ1) is 14.6. The molecule has 0 spiro atoms. The number of amides is 2. The number of nitrogens with one attached hydrogen (secondary N) is 2. The van der Waals surface area contributed by atoms with E-state index >= 15 is 0 Å². The third-order valence-corrected chi connectivity index (χ3v) is 4.64. The summed E-state index contributed by atoms with van der Waals surface area (Å²) in [7, 11) is 1.57. The molecule has 2 N–H and O–H groups in total. The summed E-state index contributed by atoms with van der Waals surface area (Å²) in [5.41, 5.74) is 2.64. The van der Waals surface area contributed by atoms with Crippen molar-refractivity contribution in [1.29, 1.82) is 0 Å².